The molecule has 0 unspecified atom stereocenters. The molecule has 3 aromatic carbocycles. The van der Waals surface area contributed by atoms with Crippen molar-refractivity contribution < 1.29 is 20.4 Å². The lowest BCUT2D eigenvalue weighted by Crippen LogP contribution is -2.06. The molecule has 1 aliphatic rings. The average Bonchev–Trinajstić information content (AvgIpc) is 2.83. The van der Waals surface area contributed by atoms with Gasteiger partial charge in [-0.3, -0.25) is 4.79 Å². The molecule has 0 fully saturated rings. The van der Waals surface area contributed by atoms with Crippen LogP contribution in [0.3, 0.4) is 0 Å². The van der Waals surface area contributed by atoms with Crippen LogP contribution in [-0.2, 0) is 37.2 Å². The Labute approximate surface area is 216 Å². The third kappa shape index (κ3) is 6.82. The molecule has 0 aliphatic carbocycles. The third-order valence-electron chi connectivity index (χ3n) is 4.99. The highest BCUT2D eigenvalue weighted by atomic mass is 127. The number of ether oxygens (including phenoxy) is 2. The molecule has 0 bridgehead atoms. The van der Waals surface area contributed by atoms with Gasteiger partial charge in [0, 0.05) is 11.1 Å². The summed E-state index contributed by atoms with van der Waals surface area (Å²) in [5, 5.41) is 0. The Morgan fingerprint density at radius 3 is 2.41 bits per heavy atom. The van der Waals surface area contributed by atoms with Gasteiger partial charge in [-0.1, -0.05) is 55.8 Å². The van der Waals surface area contributed by atoms with E-state index in [1.54, 1.807) is 0 Å². The first kappa shape index (κ1) is 24.8. The molecule has 0 spiro atoms. The minimum absolute atomic E-state index is 0.362. The first-order valence-corrected chi connectivity index (χ1v) is 12.0. The van der Waals surface area contributed by atoms with Gasteiger partial charge in [0.15, 0.2) is 23.0 Å². The molecule has 0 aromatic heterocycles. The number of hydrogen-bond donors (Lipinski definition) is 0. The van der Waals surface area contributed by atoms with Gasteiger partial charge >= 0.3 is 6.47 Å². The zero-order valence-corrected chi connectivity index (χ0v) is 22.0. The molecule has 0 saturated carbocycles. The molecule has 0 radical (unpaired) electrons. The van der Waals surface area contributed by atoms with Crippen LogP contribution in [0.1, 0.15) is 35.6 Å². The number of carbonyl (C=O) groups excluding carboxylic acids is 1. The topological polar surface area (TPSA) is 54.0 Å². The zero-order valence-electron chi connectivity index (χ0n) is 17.7. The maximum atomic E-state index is 8.94. The van der Waals surface area contributed by atoms with Crippen molar-refractivity contribution in [2.75, 3.05) is 0 Å². The highest BCUT2D eigenvalue weighted by molar-refractivity contribution is 14.1. The number of aryl methyl sites for hydroxylation is 1. The first-order chi connectivity index (χ1) is 15.7. The van der Waals surface area contributed by atoms with Crippen LogP contribution in [0, 0.1) is 0 Å². The SMILES string of the molecule is CCCc1ccc2c(c1)OCc1cc(OCc3cccc(COI)c3)ccc1-2.O=COI. The fourth-order valence-corrected chi connectivity index (χ4v) is 3.95. The number of hydrogen-bond acceptors (Lipinski definition) is 5. The van der Waals surface area contributed by atoms with Gasteiger partial charge in [0.2, 0.25) is 0 Å². The minimum atomic E-state index is 0.362. The van der Waals surface area contributed by atoms with Crippen molar-refractivity contribution in [2.45, 2.75) is 39.6 Å². The summed E-state index contributed by atoms with van der Waals surface area (Å²) in [6.45, 7) is 4.28. The van der Waals surface area contributed by atoms with Crippen molar-refractivity contribution in [2.24, 2.45) is 0 Å². The van der Waals surface area contributed by atoms with E-state index >= 15 is 0 Å². The van der Waals surface area contributed by atoms with E-state index in [9.17, 15) is 0 Å². The second kappa shape index (κ2) is 13.0. The summed E-state index contributed by atoms with van der Waals surface area (Å²) >= 11 is 3.40. The zero-order chi connectivity index (χ0) is 22.8. The van der Waals surface area contributed by atoms with Crippen molar-refractivity contribution in [3.63, 3.8) is 0 Å². The Kier molecular flexibility index (Phi) is 10.1. The molecule has 0 amide bonds. The third-order valence-corrected chi connectivity index (χ3v) is 5.51. The number of carbonyl (C=O) groups is 1. The molecule has 168 valence electrons. The van der Waals surface area contributed by atoms with Crippen molar-refractivity contribution in [1.29, 1.82) is 0 Å². The first-order valence-electron chi connectivity index (χ1n) is 10.2. The van der Waals surface area contributed by atoms with E-state index in [0.717, 1.165) is 35.5 Å². The lowest BCUT2D eigenvalue weighted by atomic mass is 9.95. The van der Waals surface area contributed by atoms with Crippen LogP contribution in [-0.4, -0.2) is 6.47 Å². The maximum absolute atomic E-state index is 8.94. The Hall–Kier alpha value is -1.85. The molecule has 1 heterocycles. The molecule has 0 saturated heterocycles. The molecular formula is C25H24I2O5. The van der Waals surface area contributed by atoms with Gasteiger partial charge in [-0.15, -0.1) is 0 Å². The van der Waals surface area contributed by atoms with Gasteiger partial charge in [-0.25, -0.2) is 0 Å². The highest BCUT2D eigenvalue weighted by Crippen LogP contribution is 2.39. The molecule has 32 heavy (non-hydrogen) atoms. The second-order valence-corrected chi connectivity index (χ2v) is 8.37. The van der Waals surface area contributed by atoms with E-state index in [4.69, 9.17) is 17.3 Å². The highest BCUT2D eigenvalue weighted by Gasteiger charge is 2.18. The number of benzene rings is 3. The molecule has 0 N–H and O–H groups in total. The largest absolute Gasteiger partial charge is 0.489 e. The van der Waals surface area contributed by atoms with Crippen LogP contribution in [0.5, 0.6) is 11.5 Å². The van der Waals surface area contributed by atoms with Gasteiger partial charge in [0.25, 0.3) is 0 Å². The summed E-state index contributed by atoms with van der Waals surface area (Å²) in [4.78, 5) is 8.94. The standard InChI is InChI=1S/C24H23IO3.CHIO2/c1-2-4-17-7-9-23-22-10-8-21(13-20(22)16-27-24(23)12-17)26-14-18-5-3-6-19(11-18)15-28-25;2-4-1-3/h3,5-13H,2,4,14-16H2,1H3;1H. The predicted molar refractivity (Wildman–Crippen MR) is 141 cm³/mol. The maximum Gasteiger partial charge on any atom is 0.302 e. The summed E-state index contributed by atoms with van der Waals surface area (Å²) in [6.07, 6.45) is 2.23. The normalized spacial score (nSPS) is 11.2. The molecular weight excluding hydrogens is 634 g/mol. The molecule has 0 atom stereocenters. The van der Waals surface area contributed by atoms with E-state index in [2.05, 4.69) is 58.5 Å². The second-order valence-electron chi connectivity index (χ2n) is 7.24. The van der Waals surface area contributed by atoms with Crippen molar-refractivity contribution in [3.8, 4) is 22.6 Å². The van der Waals surface area contributed by atoms with E-state index in [1.807, 2.05) is 35.1 Å². The van der Waals surface area contributed by atoms with Crippen LogP contribution in [0.2, 0.25) is 0 Å². The molecule has 3 aromatic rings. The molecule has 5 nitrogen and oxygen atoms in total. The van der Waals surface area contributed by atoms with Crippen LogP contribution in [0.4, 0.5) is 0 Å². The van der Waals surface area contributed by atoms with Gasteiger partial charge in [-0.05, 0) is 46.9 Å². The van der Waals surface area contributed by atoms with Crippen LogP contribution >= 0.6 is 46.0 Å². The summed E-state index contributed by atoms with van der Waals surface area (Å²) < 4.78 is 21.1. The van der Waals surface area contributed by atoms with Crippen LogP contribution in [0.25, 0.3) is 11.1 Å². The molecule has 7 heteroatoms. The Balaban J connectivity index is 0.000000668. The summed E-state index contributed by atoms with van der Waals surface area (Å²) in [7, 11) is 0. The Morgan fingerprint density at radius 1 is 0.938 bits per heavy atom. The predicted octanol–water partition coefficient (Wildman–Crippen LogP) is 7.15. The number of rotatable bonds is 8. The monoisotopic (exact) mass is 658 g/mol. The molecule has 1 aliphatic heterocycles. The van der Waals surface area contributed by atoms with E-state index in [1.165, 1.54) is 45.3 Å². The Bertz CT molecular complexity index is 1040. The van der Waals surface area contributed by atoms with Crippen molar-refractivity contribution in [3.05, 3.63) is 82.9 Å². The van der Waals surface area contributed by atoms with E-state index in [0.29, 0.717) is 26.3 Å². The summed E-state index contributed by atoms with van der Waals surface area (Å²) in [6, 6.07) is 21.1. The quantitative estimate of drug-likeness (QED) is 0.190. The van der Waals surface area contributed by atoms with Crippen molar-refractivity contribution in [1.82, 2.24) is 0 Å². The van der Waals surface area contributed by atoms with Gasteiger partial charge < -0.3 is 15.6 Å². The van der Waals surface area contributed by atoms with Crippen molar-refractivity contribution >= 4 is 52.5 Å². The number of fused-ring (bicyclic) bond motifs is 3. The van der Waals surface area contributed by atoms with Gasteiger partial charge in [0.05, 0.1) is 6.61 Å². The smallest absolute Gasteiger partial charge is 0.302 e. The van der Waals surface area contributed by atoms with E-state index < -0.39 is 0 Å². The fraction of sp³-hybridized carbons (Fsp3) is 0.240. The number of halogens is 2. The Morgan fingerprint density at radius 2 is 1.69 bits per heavy atom. The van der Waals surface area contributed by atoms with Gasteiger partial charge in [-0.2, -0.15) is 0 Å². The van der Waals surface area contributed by atoms with Crippen LogP contribution < -0.4 is 9.47 Å². The summed E-state index contributed by atoms with van der Waals surface area (Å²) in [5.41, 5.74) is 7.18. The van der Waals surface area contributed by atoms with E-state index in [-0.39, 0.29) is 0 Å². The fourth-order valence-electron chi connectivity index (χ4n) is 3.59. The lowest BCUT2D eigenvalue weighted by molar-refractivity contribution is -0.118. The van der Waals surface area contributed by atoms with Gasteiger partial charge in [0.1, 0.15) is 47.7 Å². The molecule has 4 rings (SSSR count). The summed E-state index contributed by atoms with van der Waals surface area (Å²) in [5.74, 6) is 1.85. The average molecular weight is 658 g/mol. The van der Waals surface area contributed by atoms with Crippen LogP contribution in [0.15, 0.2) is 60.7 Å². The lowest BCUT2D eigenvalue weighted by Gasteiger charge is -2.22. The minimum Gasteiger partial charge on any atom is -0.489 e.